The van der Waals surface area contributed by atoms with Gasteiger partial charge in [0.2, 0.25) is 0 Å². The number of nitrogens with zero attached hydrogens (tertiary/aromatic N) is 1. The van der Waals surface area contributed by atoms with E-state index < -0.39 is 0 Å². The number of halogens is 1. The van der Waals surface area contributed by atoms with Crippen LogP contribution in [0.2, 0.25) is 0 Å². The number of benzene rings is 1. The highest BCUT2D eigenvalue weighted by Crippen LogP contribution is 2.36. The maximum Gasteiger partial charge on any atom is 0.137 e. The third-order valence-electron chi connectivity index (χ3n) is 5.08. The molecule has 0 amide bonds. The van der Waals surface area contributed by atoms with Gasteiger partial charge < -0.3 is 5.11 Å². The second kappa shape index (κ2) is 7.04. The summed E-state index contributed by atoms with van der Waals surface area (Å²) < 4.78 is 1.14. The predicted molar refractivity (Wildman–Crippen MR) is 98.1 cm³/mol. The Morgan fingerprint density at radius 3 is 2.57 bits per heavy atom. The second-order valence-corrected chi connectivity index (χ2v) is 7.54. The van der Waals surface area contributed by atoms with Gasteiger partial charge in [0, 0.05) is 22.5 Å². The molecule has 23 heavy (non-hydrogen) atoms. The van der Waals surface area contributed by atoms with Gasteiger partial charge in [-0.2, -0.15) is 0 Å². The van der Waals surface area contributed by atoms with Gasteiger partial charge >= 0.3 is 0 Å². The first kappa shape index (κ1) is 16.5. The van der Waals surface area contributed by atoms with Crippen molar-refractivity contribution in [1.29, 1.82) is 0 Å². The molecule has 1 aliphatic carbocycles. The lowest BCUT2D eigenvalue weighted by Gasteiger charge is -2.22. The summed E-state index contributed by atoms with van der Waals surface area (Å²) in [6, 6.07) is 8.04. The van der Waals surface area contributed by atoms with Crippen molar-refractivity contribution in [2.75, 3.05) is 0 Å². The molecule has 2 nitrogen and oxygen atoms in total. The number of aromatic hydroxyl groups is 1. The highest BCUT2D eigenvalue weighted by Gasteiger charge is 2.20. The van der Waals surface area contributed by atoms with Crippen LogP contribution < -0.4 is 0 Å². The summed E-state index contributed by atoms with van der Waals surface area (Å²) in [4.78, 5) is 4.84. The van der Waals surface area contributed by atoms with E-state index >= 15 is 0 Å². The lowest BCUT2D eigenvalue weighted by molar-refractivity contribution is 0.405. The van der Waals surface area contributed by atoms with Crippen molar-refractivity contribution < 1.29 is 5.11 Å². The fourth-order valence-electron chi connectivity index (χ4n) is 3.60. The van der Waals surface area contributed by atoms with E-state index in [0.717, 1.165) is 35.1 Å². The van der Waals surface area contributed by atoms with E-state index in [2.05, 4.69) is 41.9 Å². The molecule has 3 heteroatoms. The van der Waals surface area contributed by atoms with Crippen molar-refractivity contribution in [2.24, 2.45) is 0 Å². The summed E-state index contributed by atoms with van der Waals surface area (Å²) in [5, 5.41) is 10.2. The zero-order chi connectivity index (χ0) is 16.4. The van der Waals surface area contributed by atoms with Crippen LogP contribution in [0, 0.1) is 13.8 Å². The summed E-state index contributed by atoms with van der Waals surface area (Å²) in [6.07, 6.45) is 6.93. The van der Waals surface area contributed by atoms with Crippen LogP contribution in [0.25, 0.3) is 0 Å². The Kier molecular flexibility index (Phi) is 5.05. The Labute approximate surface area is 147 Å². The average Bonchev–Trinajstić information content (AvgIpc) is 2.57. The van der Waals surface area contributed by atoms with E-state index in [1.165, 1.54) is 36.0 Å². The van der Waals surface area contributed by atoms with E-state index in [1.54, 1.807) is 0 Å². The average molecular weight is 374 g/mol. The SMILES string of the molecule is Cc1ccc(Br)c(C)c1Cc1ccc(O)c(C2CCCCC2)n1. The molecule has 0 aliphatic heterocycles. The Morgan fingerprint density at radius 2 is 1.83 bits per heavy atom. The maximum atomic E-state index is 10.2. The summed E-state index contributed by atoms with van der Waals surface area (Å²) in [5.41, 5.74) is 5.85. The largest absolute Gasteiger partial charge is 0.506 e. The van der Waals surface area contributed by atoms with Crippen LogP contribution >= 0.6 is 15.9 Å². The van der Waals surface area contributed by atoms with Crippen molar-refractivity contribution in [2.45, 2.75) is 58.3 Å². The van der Waals surface area contributed by atoms with Crippen molar-refractivity contribution in [3.8, 4) is 5.75 Å². The molecule has 2 aromatic rings. The maximum absolute atomic E-state index is 10.2. The quantitative estimate of drug-likeness (QED) is 0.736. The molecule has 1 aromatic heterocycles. The Bertz CT molecular complexity index is 705. The van der Waals surface area contributed by atoms with Crippen LogP contribution in [-0.2, 0) is 6.42 Å². The summed E-state index contributed by atoms with van der Waals surface area (Å²) >= 11 is 3.62. The highest BCUT2D eigenvalue weighted by molar-refractivity contribution is 9.10. The Morgan fingerprint density at radius 1 is 1.09 bits per heavy atom. The standard InChI is InChI=1S/C20H24BrNO/c1-13-8-10-18(21)14(2)17(13)12-16-9-11-19(23)20(22-16)15-6-4-3-5-7-15/h8-11,15,23H,3-7,12H2,1-2H3. The first-order valence-corrected chi connectivity index (χ1v) is 9.29. The topological polar surface area (TPSA) is 33.1 Å². The van der Waals surface area contributed by atoms with Gasteiger partial charge in [-0.25, -0.2) is 0 Å². The summed E-state index contributed by atoms with van der Waals surface area (Å²) in [7, 11) is 0. The third-order valence-corrected chi connectivity index (χ3v) is 5.94. The summed E-state index contributed by atoms with van der Waals surface area (Å²) in [6.45, 7) is 4.30. The van der Waals surface area contributed by atoms with Crippen LogP contribution in [0.3, 0.4) is 0 Å². The molecule has 1 N–H and O–H groups in total. The van der Waals surface area contributed by atoms with Crippen molar-refractivity contribution in [1.82, 2.24) is 4.98 Å². The minimum Gasteiger partial charge on any atom is -0.506 e. The number of hydrogen-bond acceptors (Lipinski definition) is 2. The van der Waals surface area contributed by atoms with Gasteiger partial charge in [-0.05, 0) is 61.6 Å². The molecule has 0 radical (unpaired) electrons. The van der Waals surface area contributed by atoms with Gasteiger partial charge in [0.25, 0.3) is 0 Å². The summed E-state index contributed by atoms with van der Waals surface area (Å²) in [5.74, 6) is 0.789. The lowest BCUT2D eigenvalue weighted by Crippen LogP contribution is -2.08. The highest BCUT2D eigenvalue weighted by atomic mass is 79.9. The molecule has 1 aliphatic rings. The molecule has 3 rings (SSSR count). The molecule has 1 fully saturated rings. The number of rotatable bonds is 3. The number of hydrogen-bond donors (Lipinski definition) is 1. The van der Waals surface area contributed by atoms with Crippen LogP contribution in [0.15, 0.2) is 28.7 Å². The van der Waals surface area contributed by atoms with Gasteiger partial charge in [-0.3, -0.25) is 4.98 Å². The molecule has 0 saturated heterocycles. The van der Waals surface area contributed by atoms with E-state index in [1.807, 2.05) is 12.1 Å². The normalized spacial score (nSPS) is 15.8. The Balaban J connectivity index is 1.91. The molecule has 1 saturated carbocycles. The number of pyridine rings is 1. The Hall–Kier alpha value is -1.35. The molecular weight excluding hydrogens is 350 g/mol. The van der Waals surface area contributed by atoms with Crippen molar-refractivity contribution >= 4 is 15.9 Å². The number of aromatic nitrogens is 1. The fraction of sp³-hybridized carbons (Fsp3) is 0.450. The van der Waals surface area contributed by atoms with Gasteiger partial charge in [-0.1, -0.05) is 41.3 Å². The van der Waals surface area contributed by atoms with Crippen molar-refractivity contribution in [3.63, 3.8) is 0 Å². The zero-order valence-corrected chi connectivity index (χ0v) is 15.5. The predicted octanol–water partition coefficient (Wildman–Crippen LogP) is 5.81. The molecular formula is C20H24BrNO. The van der Waals surface area contributed by atoms with Gasteiger partial charge in [0.05, 0.1) is 5.69 Å². The lowest BCUT2D eigenvalue weighted by atomic mass is 9.86. The van der Waals surface area contributed by atoms with Crippen LogP contribution in [0.1, 0.15) is 66.1 Å². The van der Waals surface area contributed by atoms with Gasteiger partial charge in [0.15, 0.2) is 0 Å². The van der Waals surface area contributed by atoms with E-state index in [4.69, 9.17) is 4.98 Å². The molecule has 1 aromatic carbocycles. The zero-order valence-electron chi connectivity index (χ0n) is 13.9. The minimum atomic E-state index is 0.364. The first-order valence-electron chi connectivity index (χ1n) is 8.49. The molecule has 0 spiro atoms. The fourth-order valence-corrected chi connectivity index (χ4v) is 3.97. The van der Waals surface area contributed by atoms with Gasteiger partial charge in [0.1, 0.15) is 5.75 Å². The molecule has 122 valence electrons. The van der Waals surface area contributed by atoms with Crippen LogP contribution in [0.5, 0.6) is 5.75 Å². The van der Waals surface area contributed by atoms with Crippen LogP contribution in [-0.4, -0.2) is 10.1 Å². The molecule has 0 unspecified atom stereocenters. The molecule has 1 heterocycles. The van der Waals surface area contributed by atoms with E-state index in [9.17, 15) is 5.11 Å². The number of aryl methyl sites for hydroxylation is 1. The van der Waals surface area contributed by atoms with E-state index in [0.29, 0.717) is 11.7 Å². The molecule has 0 atom stereocenters. The molecule has 0 bridgehead atoms. The second-order valence-electron chi connectivity index (χ2n) is 6.69. The minimum absolute atomic E-state index is 0.364. The van der Waals surface area contributed by atoms with E-state index in [-0.39, 0.29) is 0 Å². The third kappa shape index (κ3) is 3.60. The van der Waals surface area contributed by atoms with Crippen molar-refractivity contribution in [3.05, 3.63) is 56.8 Å². The first-order chi connectivity index (χ1) is 11.1. The van der Waals surface area contributed by atoms with Crippen LogP contribution in [0.4, 0.5) is 0 Å². The monoisotopic (exact) mass is 373 g/mol. The van der Waals surface area contributed by atoms with Gasteiger partial charge in [-0.15, -0.1) is 0 Å². The smallest absolute Gasteiger partial charge is 0.137 e.